The number of pyridine rings is 1. The number of carbonyl (C=O) groups excluding carboxylic acids is 1. The molecule has 1 aromatic heterocycles. The van der Waals surface area contributed by atoms with Gasteiger partial charge in [0, 0.05) is 17.8 Å². The first-order chi connectivity index (χ1) is 11.7. The summed E-state index contributed by atoms with van der Waals surface area (Å²) >= 11 is 0. The molecule has 2 rings (SSSR count). The van der Waals surface area contributed by atoms with Crippen LogP contribution in [0.15, 0.2) is 36.5 Å². The van der Waals surface area contributed by atoms with Crippen molar-refractivity contribution < 1.29 is 18.3 Å². The van der Waals surface area contributed by atoms with E-state index < -0.39 is 23.3 Å². The summed E-state index contributed by atoms with van der Waals surface area (Å²) in [7, 11) is 0. The molecule has 0 spiro atoms. The van der Waals surface area contributed by atoms with E-state index in [4.69, 9.17) is 4.74 Å². The van der Waals surface area contributed by atoms with Crippen molar-refractivity contribution in [3.63, 3.8) is 0 Å². The van der Waals surface area contributed by atoms with Gasteiger partial charge in [-0.05, 0) is 39.0 Å². The summed E-state index contributed by atoms with van der Waals surface area (Å²) in [5.74, 6) is -1.48. The lowest BCUT2D eigenvalue weighted by atomic mass is 10.1. The van der Waals surface area contributed by atoms with Gasteiger partial charge in [-0.3, -0.25) is 4.90 Å². The summed E-state index contributed by atoms with van der Waals surface area (Å²) in [5, 5.41) is 9.25. The van der Waals surface area contributed by atoms with Crippen LogP contribution in [0.5, 0.6) is 0 Å². The first-order valence-electron chi connectivity index (χ1n) is 7.51. The number of hydrogen-bond donors (Lipinski definition) is 0. The highest BCUT2D eigenvalue weighted by Gasteiger charge is 2.27. The third kappa shape index (κ3) is 4.73. The van der Waals surface area contributed by atoms with Gasteiger partial charge in [0.05, 0.1) is 12.1 Å². The van der Waals surface area contributed by atoms with E-state index in [1.165, 1.54) is 18.3 Å². The number of benzene rings is 1. The number of halogens is 2. The normalized spacial score (nSPS) is 10.9. The lowest BCUT2D eigenvalue weighted by molar-refractivity contribution is 0.0576. The van der Waals surface area contributed by atoms with Crippen LogP contribution in [0.2, 0.25) is 0 Å². The molecule has 25 heavy (non-hydrogen) atoms. The Labute approximate surface area is 144 Å². The third-order valence-corrected chi connectivity index (χ3v) is 3.12. The summed E-state index contributed by atoms with van der Waals surface area (Å²) in [6.07, 6.45) is 0.626. The molecular formula is C18H17F2N3O2. The number of hydrogen-bond acceptors (Lipinski definition) is 4. The minimum absolute atomic E-state index is 0.0444. The monoisotopic (exact) mass is 345 g/mol. The zero-order chi connectivity index (χ0) is 18.6. The molecule has 130 valence electrons. The van der Waals surface area contributed by atoms with Gasteiger partial charge in [-0.1, -0.05) is 6.07 Å². The second-order valence-corrected chi connectivity index (χ2v) is 6.29. The highest BCUT2D eigenvalue weighted by Crippen LogP contribution is 2.23. The second kappa shape index (κ2) is 7.26. The fraction of sp³-hybridized carbons (Fsp3) is 0.278. The average Bonchev–Trinajstić information content (AvgIpc) is 2.52. The maximum absolute atomic E-state index is 14.0. The molecule has 1 aromatic carbocycles. The summed E-state index contributed by atoms with van der Waals surface area (Å²) < 4.78 is 32.4. The van der Waals surface area contributed by atoms with E-state index in [0.717, 1.165) is 17.0 Å². The molecule has 2 aromatic rings. The van der Waals surface area contributed by atoms with Crippen molar-refractivity contribution in [3.8, 4) is 6.07 Å². The highest BCUT2D eigenvalue weighted by atomic mass is 19.1. The molecule has 0 unspecified atom stereocenters. The van der Waals surface area contributed by atoms with E-state index in [9.17, 15) is 18.8 Å². The van der Waals surface area contributed by atoms with Gasteiger partial charge < -0.3 is 4.74 Å². The molecule has 1 amide bonds. The molecule has 0 fully saturated rings. The van der Waals surface area contributed by atoms with E-state index in [2.05, 4.69) is 4.98 Å². The molecule has 0 saturated heterocycles. The van der Waals surface area contributed by atoms with Gasteiger partial charge >= 0.3 is 6.09 Å². The Morgan fingerprint density at radius 1 is 1.32 bits per heavy atom. The number of aromatic nitrogens is 1. The predicted molar refractivity (Wildman–Crippen MR) is 87.7 cm³/mol. The molecule has 0 bridgehead atoms. The van der Waals surface area contributed by atoms with Crippen molar-refractivity contribution in [1.82, 2.24) is 4.98 Å². The fourth-order valence-corrected chi connectivity index (χ4v) is 2.06. The van der Waals surface area contributed by atoms with Gasteiger partial charge in [0.15, 0.2) is 5.82 Å². The number of amides is 1. The summed E-state index contributed by atoms with van der Waals surface area (Å²) in [6, 6.07) is 8.03. The van der Waals surface area contributed by atoms with E-state index in [1.807, 2.05) is 6.07 Å². The van der Waals surface area contributed by atoms with Crippen molar-refractivity contribution in [3.05, 3.63) is 59.3 Å². The van der Waals surface area contributed by atoms with Crippen LogP contribution in [0.1, 0.15) is 31.9 Å². The Morgan fingerprint density at radius 3 is 2.64 bits per heavy atom. The molecule has 7 heteroatoms. The topological polar surface area (TPSA) is 66.2 Å². The number of nitriles is 1. The minimum atomic E-state index is -0.803. The Kier molecular flexibility index (Phi) is 5.32. The smallest absolute Gasteiger partial charge is 0.416 e. The Morgan fingerprint density at radius 2 is 2.04 bits per heavy atom. The Hall–Kier alpha value is -3.01. The van der Waals surface area contributed by atoms with Crippen LogP contribution in [0.4, 0.5) is 19.4 Å². The van der Waals surface area contributed by atoms with E-state index in [0.29, 0.717) is 0 Å². The second-order valence-electron chi connectivity index (χ2n) is 6.29. The molecule has 1 heterocycles. The number of nitrogens with zero attached hydrogens (tertiary/aromatic N) is 3. The standard InChI is InChI=1S/C18H17F2N3O2/c1-18(2,3)25-17(24)23(16-12(10-21)5-4-8-22-16)11-13-6-7-14(19)9-15(13)20/h4-9H,11H2,1-3H3. The van der Waals surface area contributed by atoms with Crippen LogP contribution in [-0.4, -0.2) is 16.7 Å². The van der Waals surface area contributed by atoms with Crippen LogP contribution in [0, 0.1) is 23.0 Å². The van der Waals surface area contributed by atoms with Gasteiger partial charge in [0.1, 0.15) is 23.3 Å². The molecule has 0 saturated carbocycles. The van der Waals surface area contributed by atoms with Gasteiger partial charge in [-0.25, -0.2) is 18.6 Å². The van der Waals surface area contributed by atoms with E-state index in [-0.39, 0.29) is 23.5 Å². The van der Waals surface area contributed by atoms with Crippen LogP contribution in [0.3, 0.4) is 0 Å². The maximum Gasteiger partial charge on any atom is 0.416 e. The summed E-state index contributed by atoms with van der Waals surface area (Å²) in [5.41, 5.74) is -0.587. The highest BCUT2D eigenvalue weighted by molar-refractivity contribution is 5.88. The van der Waals surface area contributed by atoms with Crippen molar-refractivity contribution in [2.24, 2.45) is 0 Å². The predicted octanol–water partition coefficient (Wildman–Crippen LogP) is 4.17. The lowest BCUT2D eigenvalue weighted by Gasteiger charge is -2.27. The van der Waals surface area contributed by atoms with Crippen LogP contribution < -0.4 is 4.90 Å². The SMILES string of the molecule is CC(C)(C)OC(=O)N(Cc1ccc(F)cc1F)c1ncccc1C#N. The average molecular weight is 345 g/mol. The molecule has 0 aliphatic heterocycles. The zero-order valence-corrected chi connectivity index (χ0v) is 14.1. The molecular weight excluding hydrogens is 328 g/mol. The van der Waals surface area contributed by atoms with Crippen molar-refractivity contribution in [1.29, 1.82) is 5.26 Å². The summed E-state index contributed by atoms with van der Waals surface area (Å²) in [4.78, 5) is 17.7. The Bertz CT molecular complexity index is 826. The first-order valence-corrected chi connectivity index (χ1v) is 7.51. The zero-order valence-electron chi connectivity index (χ0n) is 14.1. The van der Waals surface area contributed by atoms with E-state index in [1.54, 1.807) is 26.8 Å². The molecule has 0 aliphatic carbocycles. The molecule has 0 N–H and O–H groups in total. The summed E-state index contributed by atoms with van der Waals surface area (Å²) in [6.45, 7) is 4.80. The number of rotatable bonds is 3. The first kappa shape index (κ1) is 18.3. The van der Waals surface area contributed by atoms with Gasteiger partial charge in [-0.15, -0.1) is 0 Å². The molecule has 0 radical (unpaired) electrons. The Balaban J connectivity index is 2.45. The van der Waals surface area contributed by atoms with Crippen molar-refractivity contribution in [2.45, 2.75) is 32.9 Å². The quantitative estimate of drug-likeness (QED) is 0.837. The van der Waals surface area contributed by atoms with Crippen molar-refractivity contribution >= 4 is 11.9 Å². The van der Waals surface area contributed by atoms with Gasteiger partial charge in [0.25, 0.3) is 0 Å². The molecule has 0 atom stereocenters. The van der Waals surface area contributed by atoms with E-state index >= 15 is 0 Å². The fourth-order valence-electron chi connectivity index (χ4n) is 2.06. The number of ether oxygens (including phenoxy) is 1. The third-order valence-electron chi connectivity index (χ3n) is 3.12. The number of anilines is 1. The van der Waals surface area contributed by atoms with Crippen molar-refractivity contribution in [2.75, 3.05) is 4.90 Å². The lowest BCUT2D eigenvalue weighted by Crippen LogP contribution is -2.37. The molecule has 0 aliphatic rings. The van der Waals surface area contributed by atoms with Gasteiger partial charge in [0.2, 0.25) is 0 Å². The minimum Gasteiger partial charge on any atom is -0.443 e. The van der Waals surface area contributed by atoms with Gasteiger partial charge in [-0.2, -0.15) is 5.26 Å². The largest absolute Gasteiger partial charge is 0.443 e. The number of carbonyl (C=O) groups is 1. The van der Waals surface area contributed by atoms with Crippen LogP contribution >= 0.6 is 0 Å². The van der Waals surface area contributed by atoms with Crippen LogP contribution in [-0.2, 0) is 11.3 Å². The molecule has 5 nitrogen and oxygen atoms in total. The maximum atomic E-state index is 14.0. The van der Waals surface area contributed by atoms with Crippen LogP contribution in [0.25, 0.3) is 0 Å².